The maximum absolute atomic E-state index is 12.8. The molecule has 3 aliphatic heterocycles. The van der Waals surface area contributed by atoms with Crippen LogP contribution in [0.15, 0.2) is 17.8 Å². The first kappa shape index (κ1) is 24.2. The molecule has 0 aliphatic carbocycles. The topological polar surface area (TPSA) is 125 Å². The van der Waals surface area contributed by atoms with Crippen molar-refractivity contribution in [1.82, 2.24) is 25.1 Å². The molecule has 0 saturated carbocycles. The number of aromatic nitrogens is 4. The third-order valence-corrected chi connectivity index (χ3v) is 6.59. The van der Waals surface area contributed by atoms with E-state index in [1.54, 1.807) is 23.3 Å². The Morgan fingerprint density at radius 2 is 2.09 bits per heavy atom. The minimum absolute atomic E-state index is 0.258. The number of aryl methyl sites for hydroxylation is 1. The predicted octanol–water partition coefficient (Wildman–Crippen LogP) is 2.90. The molecule has 182 valence electrons. The van der Waals surface area contributed by atoms with Gasteiger partial charge in [0.05, 0.1) is 17.4 Å². The zero-order chi connectivity index (χ0) is 24.6. The van der Waals surface area contributed by atoms with E-state index in [4.69, 9.17) is 26.5 Å². The Morgan fingerprint density at radius 1 is 1.35 bits per heavy atom. The van der Waals surface area contributed by atoms with Crippen LogP contribution in [-0.4, -0.2) is 68.1 Å². The smallest absolute Gasteiger partial charge is 0.475 e. The molecule has 0 radical (unpaired) electrons. The Hall–Kier alpha value is -2.97. The largest absolute Gasteiger partial charge is 0.490 e. The summed E-state index contributed by atoms with van der Waals surface area (Å²) >= 11 is 7.46. The van der Waals surface area contributed by atoms with Gasteiger partial charge in [-0.25, -0.2) is 14.8 Å². The number of carboxylic acids is 1. The molecule has 2 atom stereocenters. The number of aliphatic carboxylic acids is 1. The van der Waals surface area contributed by atoms with E-state index in [9.17, 15) is 18.0 Å². The fraction of sp³-hybridized carbons (Fsp3) is 0.421. The number of hydrogen-bond donors (Lipinski definition) is 3. The molecule has 1 amide bonds. The molecular formula is C19H19ClF3N7O3S. The van der Waals surface area contributed by atoms with Crippen LogP contribution in [0.4, 0.5) is 24.7 Å². The van der Waals surface area contributed by atoms with Crippen molar-refractivity contribution in [3.05, 3.63) is 28.5 Å². The van der Waals surface area contributed by atoms with Gasteiger partial charge in [-0.15, -0.1) is 11.3 Å². The van der Waals surface area contributed by atoms with E-state index in [0.29, 0.717) is 28.9 Å². The van der Waals surface area contributed by atoms with Crippen molar-refractivity contribution in [1.29, 1.82) is 0 Å². The monoisotopic (exact) mass is 517 g/mol. The summed E-state index contributed by atoms with van der Waals surface area (Å²) in [5.74, 6) is -2.18. The number of piperidine rings is 2. The van der Waals surface area contributed by atoms with Gasteiger partial charge in [0.25, 0.3) is 5.91 Å². The van der Waals surface area contributed by atoms with Gasteiger partial charge in [0.2, 0.25) is 0 Å². The maximum Gasteiger partial charge on any atom is 0.490 e. The fourth-order valence-electron chi connectivity index (χ4n) is 3.82. The molecular weight excluding hydrogens is 499 g/mol. The molecule has 3 aromatic rings. The van der Waals surface area contributed by atoms with Gasteiger partial charge in [-0.05, 0) is 12.8 Å². The van der Waals surface area contributed by atoms with Crippen LogP contribution in [0.3, 0.4) is 0 Å². The predicted molar refractivity (Wildman–Crippen MR) is 119 cm³/mol. The zero-order valence-electron chi connectivity index (χ0n) is 17.6. The third kappa shape index (κ3) is 5.08. The van der Waals surface area contributed by atoms with Gasteiger partial charge in [0.15, 0.2) is 5.15 Å². The van der Waals surface area contributed by atoms with Crippen LogP contribution in [0, 0.1) is 0 Å². The Morgan fingerprint density at radius 3 is 2.62 bits per heavy atom. The van der Waals surface area contributed by atoms with E-state index < -0.39 is 12.1 Å². The summed E-state index contributed by atoms with van der Waals surface area (Å²) in [5, 5.41) is 19.6. The van der Waals surface area contributed by atoms with E-state index in [2.05, 4.69) is 25.6 Å². The molecule has 6 rings (SSSR count). The highest BCUT2D eigenvalue weighted by molar-refractivity contribution is 7.17. The van der Waals surface area contributed by atoms with Crippen LogP contribution < -0.4 is 15.5 Å². The molecule has 6 heterocycles. The lowest BCUT2D eigenvalue weighted by Crippen LogP contribution is -2.61. The van der Waals surface area contributed by atoms with Gasteiger partial charge >= 0.3 is 12.1 Å². The number of carbonyl (C=O) groups excluding carboxylic acids is 1. The van der Waals surface area contributed by atoms with Crippen LogP contribution in [-0.2, 0) is 11.8 Å². The van der Waals surface area contributed by atoms with Crippen molar-refractivity contribution in [2.24, 2.45) is 7.05 Å². The average molecular weight is 518 g/mol. The molecule has 34 heavy (non-hydrogen) atoms. The molecule has 0 spiro atoms. The van der Waals surface area contributed by atoms with Gasteiger partial charge in [0, 0.05) is 43.8 Å². The normalized spacial score (nSPS) is 19.6. The Labute approximate surface area is 199 Å². The summed E-state index contributed by atoms with van der Waals surface area (Å²) in [4.78, 5) is 34.1. The van der Waals surface area contributed by atoms with Gasteiger partial charge in [0.1, 0.15) is 16.2 Å². The van der Waals surface area contributed by atoms with Crippen LogP contribution >= 0.6 is 22.9 Å². The van der Waals surface area contributed by atoms with Crippen molar-refractivity contribution < 1.29 is 27.9 Å². The number of amides is 1. The third-order valence-electron chi connectivity index (χ3n) is 5.43. The molecule has 3 fully saturated rings. The lowest BCUT2D eigenvalue weighted by atomic mass is 9.93. The zero-order valence-corrected chi connectivity index (χ0v) is 19.2. The molecule has 2 bridgehead atoms. The summed E-state index contributed by atoms with van der Waals surface area (Å²) < 4.78 is 33.3. The molecule has 3 aliphatic rings. The number of alkyl halides is 3. The number of halogens is 4. The van der Waals surface area contributed by atoms with Crippen LogP contribution in [0.2, 0.25) is 5.15 Å². The van der Waals surface area contributed by atoms with E-state index >= 15 is 0 Å². The molecule has 3 aromatic heterocycles. The highest BCUT2D eigenvalue weighted by atomic mass is 35.5. The maximum atomic E-state index is 12.8. The van der Waals surface area contributed by atoms with Crippen LogP contribution in [0.5, 0.6) is 0 Å². The second kappa shape index (κ2) is 9.35. The Balaban J connectivity index is 0.000000344. The quantitative estimate of drug-likeness (QED) is 0.484. The number of carbonyl (C=O) groups is 2. The Kier molecular flexibility index (Phi) is 6.64. The van der Waals surface area contributed by atoms with Crippen molar-refractivity contribution in [2.45, 2.75) is 31.1 Å². The minimum Gasteiger partial charge on any atom is -0.475 e. The first-order valence-corrected chi connectivity index (χ1v) is 11.3. The van der Waals surface area contributed by atoms with Gasteiger partial charge in [-0.1, -0.05) is 11.6 Å². The SMILES string of the molecule is Cn1cc(NC(=O)c2csc3ncc(N4C[C@@H]5CC[C@H]4CN5)nc23)c(Cl)n1.O=C(O)C(F)(F)F. The molecule has 10 nitrogen and oxygen atoms in total. The first-order valence-electron chi connectivity index (χ1n) is 10.1. The second-order valence-corrected chi connectivity index (χ2v) is 9.00. The van der Waals surface area contributed by atoms with Gasteiger partial charge in [-0.3, -0.25) is 9.48 Å². The number of rotatable bonds is 3. The number of nitrogens with zero attached hydrogens (tertiary/aromatic N) is 5. The molecule has 3 saturated heterocycles. The van der Waals surface area contributed by atoms with E-state index in [1.807, 2.05) is 6.20 Å². The second-order valence-electron chi connectivity index (χ2n) is 7.78. The van der Waals surface area contributed by atoms with Crippen LogP contribution in [0.25, 0.3) is 10.3 Å². The summed E-state index contributed by atoms with van der Waals surface area (Å²) in [7, 11) is 1.75. The number of nitrogens with one attached hydrogen (secondary N) is 2. The Bertz CT molecular complexity index is 1220. The van der Waals surface area contributed by atoms with E-state index in [-0.39, 0.29) is 11.1 Å². The summed E-state index contributed by atoms with van der Waals surface area (Å²) in [6.07, 6.45) is 0.769. The highest BCUT2D eigenvalue weighted by Gasteiger charge is 2.38. The van der Waals surface area contributed by atoms with Crippen molar-refractivity contribution in [3.8, 4) is 0 Å². The summed E-state index contributed by atoms with van der Waals surface area (Å²) in [6, 6.07) is 0.942. The van der Waals surface area contributed by atoms with Gasteiger partial charge < -0.3 is 20.6 Å². The number of anilines is 2. The minimum atomic E-state index is -5.08. The molecule has 0 unspecified atom stereocenters. The number of fused-ring (bicyclic) bond motifs is 4. The molecule has 15 heteroatoms. The van der Waals surface area contributed by atoms with Crippen molar-refractivity contribution in [3.63, 3.8) is 0 Å². The van der Waals surface area contributed by atoms with Crippen LogP contribution in [0.1, 0.15) is 23.2 Å². The number of carboxylic acid groups (broad SMARTS) is 1. The van der Waals surface area contributed by atoms with Crippen molar-refractivity contribution in [2.75, 3.05) is 23.3 Å². The first-order chi connectivity index (χ1) is 16.0. The summed E-state index contributed by atoms with van der Waals surface area (Å²) in [5.41, 5.74) is 1.61. The van der Waals surface area contributed by atoms with E-state index in [1.165, 1.54) is 17.8 Å². The molecule has 3 N–H and O–H groups in total. The lowest BCUT2D eigenvalue weighted by Gasteiger charge is -2.46. The highest BCUT2D eigenvalue weighted by Crippen LogP contribution is 2.30. The number of hydrogen-bond acceptors (Lipinski definition) is 8. The molecule has 0 aromatic carbocycles. The number of thiophene rings is 1. The average Bonchev–Trinajstić information content (AvgIpc) is 3.36. The van der Waals surface area contributed by atoms with Crippen molar-refractivity contribution >= 4 is 56.7 Å². The van der Waals surface area contributed by atoms with E-state index in [0.717, 1.165) is 30.2 Å². The standard InChI is InChI=1S/C17H18ClN7OS.C2HF3O2/c1-24-7-12(15(18)23-24)21-16(26)11-8-27-17-14(11)22-13(5-20-17)25-6-9-2-3-10(25)4-19-9;3-2(4,5)1(6)7/h5,7-10,19H,2-4,6H2,1H3,(H,21,26);(H,6,7)/t9-,10-;/m0./s1. The fourth-order valence-corrected chi connectivity index (χ4v) is 4.87. The lowest BCUT2D eigenvalue weighted by molar-refractivity contribution is -0.192. The summed E-state index contributed by atoms with van der Waals surface area (Å²) in [6.45, 7) is 1.91. The number of piperazine rings is 1. The van der Waals surface area contributed by atoms with Gasteiger partial charge in [-0.2, -0.15) is 18.3 Å².